The standard InChI is InChI=1S/C71H46N4S/c1-6-19-47(20-7-1)49-31-34-54(35-32-49)74(56-36-39-58-57-29-16-17-30-62(57)71(63(58)45-56,51-23-10-3-11-24-51)52-25-12-4-13-26-52)55-37-40-66-60(44-55)68-67-59-38-33-50(48-21-8-2-9-22-48)43-64(59)75(53-27-14-5-15-28-53)65(67)46-61(69(68)76-66)70-72-41-18-42-73-70/h1-46H. The highest BCUT2D eigenvalue weighted by Crippen LogP contribution is 2.58. The van der Waals surface area contributed by atoms with Crippen LogP contribution in [0.1, 0.15) is 22.3 Å². The van der Waals surface area contributed by atoms with Crippen molar-refractivity contribution >= 4 is 70.4 Å². The zero-order chi connectivity index (χ0) is 50.2. The Morgan fingerprint density at radius 3 is 1.62 bits per heavy atom. The number of anilines is 3. The molecule has 0 saturated carbocycles. The van der Waals surface area contributed by atoms with Gasteiger partial charge in [0.25, 0.3) is 0 Å². The maximum Gasteiger partial charge on any atom is 0.160 e. The van der Waals surface area contributed by atoms with Gasteiger partial charge >= 0.3 is 0 Å². The number of rotatable bonds is 9. The van der Waals surface area contributed by atoms with Crippen LogP contribution in [0.15, 0.2) is 279 Å². The first-order valence-corrected chi connectivity index (χ1v) is 26.7. The molecular weight excluding hydrogens is 941 g/mol. The summed E-state index contributed by atoms with van der Waals surface area (Å²) in [5, 5.41) is 4.78. The van der Waals surface area contributed by atoms with Gasteiger partial charge in [-0.25, -0.2) is 9.97 Å². The normalized spacial score (nSPS) is 12.6. The Kier molecular flexibility index (Phi) is 10.3. The van der Waals surface area contributed by atoms with Gasteiger partial charge < -0.3 is 9.47 Å². The summed E-state index contributed by atoms with van der Waals surface area (Å²) in [6.07, 6.45) is 3.70. The number of para-hydroxylation sites is 1. The number of benzene rings is 11. The van der Waals surface area contributed by atoms with E-state index in [4.69, 9.17) is 9.97 Å². The van der Waals surface area contributed by atoms with Crippen LogP contribution in [-0.2, 0) is 5.41 Å². The highest BCUT2D eigenvalue weighted by Gasteiger charge is 2.46. The lowest BCUT2D eigenvalue weighted by molar-refractivity contribution is 0.768. The van der Waals surface area contributed by atoms with Gasteiger partial charge in [0.05, 0.1) is 16.4 Å². The molecule has 1 aliphatic carbocycles. The molecule has 1 aliphatic rings. The first kappa shape index (κ1) is 43.9. The quantitative estimate of drug-likeness (QED) is 0.145. The van der Waals surface area contributed by atoms with Crippen LogP contribution in [0.5, 0.6) is 0 Å². The summed E-state index contributed by atoms with van der Waals surface area (Å²) in [4.78, 5) is 12.3. The largest absolute Gasteiger partial charge is 0.310 e. The minimum Gasteiger partial charge on any atom is -0.310 e. The van der Waals surface area contributed by atoms with E-state index in [1.807, 2.05) is 29.8 Å². The van der Waals surface area contributed by atoms with Crippen molar-refractivity contribution in [3.8, 4) is 50.5 Å². The average molecular weight is 987 g/mol. The van der Waals surface area contributed by atoms with Crippen LogP contribution in [0.25, 0.3) is 92.4 Å². The molecule has 0 N–H and O–H groups in total. The van der Waals surface area contributed by atoms with Crippen molar-refractivity contribution in [3.63, 3.8) is 0 Å². The van der Waals surface area contributed by atoms with Gasteiger partial charge in [0.15, 0.2) is 5.82 Å². The zero-order valence-electron chi connectivity index (χ0n) is 41.3. The molecule has 0 fully saturated rings. The molecule has 76 heavy (non-hydrogen) atoms. The van der Waals surface area contributed by atoms with Gasteiger partial charge in [0, 0.05) is 71.7 Å². The summed E-state index contributed by atoms with van der Waals surface area (Å²) in [6.45, 7) is 0. The lowest BCUT2D eigenvalue weighted by Crippen LogP contribution is -2.28. The first-order chi connectivity index (χ1) is 37.7. The van der Waals surface area contributed by atoms with Gasteiger partial charge in [-0.1, -0.05) is 194 Å². The number of fused-ring (bicyclic) bond motifs is 10. The molecule has 0 atom stereocenters. The van der Waals surface area contributed by atoms with Crippen molar-refractivity contribution in [3.05, 3.63) is 302 Å². The molecule has 0 spiro atoms. The summed E-state index contributed by atoms with van der Waals surface area (Å²) in [5.41, 5.74) is 19.2. The van der Waals surface area contributed by atoms with E-state index in [2.05, 4.69) is 270 Å². The fourth-order valence-corrected chi connectivity index (χ4v) is 13.5. The van der Waals surface area contributed by atoms with Gasteiger partial charge in [-0.2, -0.15) is 0 Å². The summed E-state index contributed by atoms with van der Waals surface area (Å²) in [7, 11) is 0. The van der Waals surface area contributed by atoms with Gasteiger partial charge in [0.2, 0.25) is 0 Å². The molecule has 5 heteroatoms. The Balaban J connectivity index is 1.02. The Labute approximate surface area is 444 Å². The highest BCUT2D eigenvalue weighted by atomic mass is 32.1. The van der Waals surface area contributed by atoms with E-state index in [-0.39, 0.29) is 0 Å². The number of hydrogen-bond acceptors (Lipinski definition) is 4. The molecule has 11 aromatic carbocycles. The van der Waals surface area contributed by atoms with Gasteiger partial charge in [0.1, 0.15) is 0 Å². The molecule has 4 nitrogen and oxygen atoms in total. The smallest absolute Gasteiger partial charge is 0.160 e. The van der Waals surface area contributed by atoms with Gasteiger partial charge in [-0.3, -0.25) is 0 Å². The molecule has 356 valence electrons. The van der Waals surface area contributed by atoms with Crippen LogP contribution < -0.4 is 4.90 Å². The topological polar surface area (TPSA) is 34.0 Å². The number of hydrogen-bond donors (Lipinski definition) is 0. The van der Waals surface area contributed by atoms with Crippen LogP contribution in [0.4, 0.5) is 17.1 Å². The van der Waals surface area contributed by atoms with Crippen molar-refractivity contribution in [2.24, 2.45) is 0 Å². The van der Waals surface area contributed by atoms with Crippen LogP contribution in [0.3, 0.4) is 0 Å². The van der Waals surface area contributed by atoms with Crippen LogP contribution in [-0.4, -0.2) is 14.5 Å². The molecule has 15 rings (SSSR count). The number of nitrogens with zero attached hydrogens (tertiary/aromatic N) is 4. The number of aromatic nitrogens is 3. The molecule has 14 aromatic rings. The van der Waals surface area contributed by atoms with Crippen LogP contribution >= 0.6 is 11.3 Å². The van der Waals surface area contributed by atoms with Crippen LogP contribution in [0.2, 0.25) is 0 Å². The van der Waals surface area contributed by atoms with Crippen molar-refractivity contribution < 1.29 is 0 Å². The monoisotopic (exact) mass is 986 g/mol. The van der Waals surface area contributed by atoms with E-state index in [1.54, 1.807) is 0 Å². The second-order valence-corrected chi connectivity index (χ2v) is 20.7. The fraction of sp³-hybridized carbons (Fsp3) is 0.0141. The van der Waals surface area contributed by atoms with Crippen molar-refractivity contribution in [2.45, 2.75) is 5.41 Å². The van der Waals surface area contributed by atoms with Crippen molar-refractivity contribution in [1.82, 2.24) is 14.5 Å². The maximum atomic E-state index is 4.92. The van der Waals surface area contributed by atoms with Gasteiger partial charge in [-0.15, -0.1) is 11.3 Å². The molecule has 0 saturated heterocycles. The average Bonchev–Trinajstić information content (AvgIpc) is 4.34. The molecule has 3 heterocycles. The molecule has 3 aromatic heterocycles. The number of thiophene rings is 1. The first-order valence-electron chi connectivity index (χ1n) is 25.9. The van der Waals surface area contributed by atoms with E-state index in [9.17, 15) is 0 Å². The van der Waals surface area contributed by atoms with E-state index < -0.39 is 5.41 Å². The van der Waals surface area contributed by atoms with Gasteiger partial charge in [-0.05, 0) is 128 Å². The minimum atomic E-state index is -0.560. The Morgan fingerprint density at radius 1 is 0.368 bits per heavy atom. The summed E-state index contributed by atoms with van der Waals surface area (Å²) in [6, 6.07) is 97.7. The highest BCUT2D eigenvalue weighted by molar-refractivity contribution is 7.26. The summed E-state index contributed by atoms with van der Waals surface area (Å²) < 4.78 is 4.79. The third-order valence-electron chi connectivity index (χ3n) is 15.6. The van der Waals surface area contributed by atoms with Crippen molar-refractivity contribution in [1.29, 1.82) is 0 Å². The third-order valence-corrected chi connectivity index (χ3v) is 16.8. The summed E-state index contributed by atoms with van der Waals surface area (Å²) >= 11 is 1.82. The third kappa shape index (κ3) is 6.83. The zero-order valence-corrected chi connectivity index (χ0v) is 42.1. The predicted molar refractivity (Wildman–Crippen MR) is 318 cm³/mol. The fourth-order valence-electron chi connectivity index (χ4n) is 12.3. The van der Waals surface area contributed by atoms with E-state index in [0.717, 1.165) is 44.0 Å². The molecule has 0 amide bonds. The summed E-state index contributed by atoms with van der Waals surface area (Å²) in [5.74, 6) is 0.704. The minimum absolute atomic E-state index is 0.560. The van der Waals surface area contributed by atoms with Crippen molar-refractivity contribution in [2.75, 3.05) is 4.90 Å². The lowest BCUT2D eigenvalue weighted by Gasteiger charge is -2.35. The maximum absolute atomic E-state index is 4.92. The Hall–Kier alpha value is -9.68. The van der Waals surface area contributed by atoms with E-state index in [1.165, 1.54) is 81.9 Å². The second-order valence-electron chi connectivity index (χ2n) is 19.7. The van der Waals surface area contributed by atoms with Crippen LogP contribution in [0, 0.1) is 0 Å². The SMILES string of the molecule is c1ccc(-c2ccc(N(c3ccc4c(c3)C(c3ccccc3)(c3ccccc3)c3ccccc3-4)c3ccc4sc5c(-c6ncccn6)cc6c(c7ccc(-c8ccccc8)cc7n6-c6ccccc6)c5c4c3)cc2)cc1. The lowest BCUT2D eigenvalue weighted by atomic mass is 9.67. The predicted octanol–water partition coefficient (Wildman–Crippen LogP) is 18.8. The molecule has 0 unspecified atom stereocenters. The van der Waals surface area contributed by atoms with E-state index in [0.29, 0.717) is 5.82 Å². The molecule has 0 bridgehead atoms. The molecule has 0 aliphatic heterocycles. The Bertz CT molecular complexity index is 4440. The van der Waals surface area contributed by atoms with E-state index >= 15 is 0 Å². The second kappa shape index (κ2) is 17.8. The molecule has 0 radical (unpaired) electrons. The Morgan fingerprint density at radius 2 is 0.921 bits per heavy atom. The molecular formula is C71H46N4S.